The highest BCUT2D eigenvalue weighted by Gasteiger charge is 2.41. The molecule has 2 aromatic heterocycles. The Morgan fingerprint density at radius 3 is 1.32 bits per heavy atom. The minimum Gasteiger partial charge on any atom is -0.366 e. The lowest BCUT2D eigenvalue weighted by atomic mass is 9.88. The normalized spacial score (nSPS) is 21.6. The van der Waals surface area contributed by atoms with Crippen molar-refractivity contribution >= 4 is 0 Å². The number of hydrogen-bond donors (Lipinski definition) is 2. The standard InChI is InChI=1S/C14H22N6O2/c1-13(2,3)9-7-11(21)20-8(12(22)19(7)17-15-9)10(16-18-20)14(4,5)6/h11-12,21-22H,1-6H3/t11-,12-/m1/s1. The van der Waals surface area contributed by atoms with Crippen molar-refractivity contribution in [3.05, 3.63) is 22.8 Å². The van der Waals surface area contributed by atoms with Gasteiger partial charge in [0, 0.05) is 10.8 Å². The Bertz CT molecular complexity index is 656. The second kappa shape index (κ2) is 4.36. The van der Waals surface area contributed by atoms with Gasteiger partial charge in [-0.3, -0.25) is 0 Å². The van der Waals surface area contributed by atoms with Crippen LogP contribution in [0.4, 0.5) is 0 Å². The predicted molar refractivity (Wildman–Crippen MR) is 78.2 cm³/mol. The Balaban J connectivity index is 2.21. The van der Waals surface area contributed by atoms with Crippen molar-refractivity contribution in [3.8, 4) is 0 Å². The zero-order chi connectivity index (χ0) is 16.4. The van der Waals surface area contributed by atoms with Crippen LogP contribution in [0.5, 0.6) is 0 Å². The van der Waals surface area contributed by atoms with Crippen molar-refractivity contribution in [2.45, 2.75) is 64.8 Å². The number of nitrogens with zero attached hydrogens (tertiary/aromatic N) is 6. The largest absolute Gasteiger partial charge is 0.366 e. The van der Waals surface area contributed by atoms with Crippen LogP contribution in [0, 0.1) is 0 Å². The molecule has 1 aliphatic heterocycles. The van der Waals surface area contributed by atoms with Crippen LogP contribution in [0.2, 0.25) is 0 Å². The van der Waals surface area contributed by atoms with Gasteiger partial charge in [0.05, 0.1) is 11.4 Å². The van der Waals surface area contributed by atoms with Crippen molar-refractivity contribution in [1.29, 1.82) is 0 Å². The monoisotopic (exact) mass is 306 g/mol. The molecular weight excluding hydrogens is 284 g/mol. The Morgan fingerprint density at radius 2 is 1.05 bits per heavy atom. The molecule has 0 spiro atoms. The van der Waals surface area contributed by atoms with E-state index in [9.17, 15) is 10.2 Å². The smallest absolute Gasteiger partial charge is 0.194 e. The summed E-state index contributed by atoms with van der Waals surface area (Å²) in [6.45, 7) is 11.9. The number of aliphatic hydroxyl groups excluding tert-OH is 2. The molecule has 0 amide bonds. The molecule has 22 heavy (non-hydrogen) atoms. The van der Waals surface area contributed by atoms with Gasteiger partial charge < -0.3 is 10.2 Å². The molecule has 120 valence electrons. The number of aliphatic hydroxyl groups is 2. The summed E-state index contributed by atoms with van der Waals surface area (Å²) in [5.41, 5.74) is 1.57. The van der Waals surface area contributed by atoms with E-state index in [4.69, 9.17) is 0 Å². The van der Waals surface area contributed by atoms with Crippen molar-refractivity contribution < 1.29 is 10.2 Å². The van der Waals surface area contributed by atoms with Crippen molar-refractivity contribution in [2.75, 3.05) is 0 Å². The molecule has 3 heterocycles. The van der Waals surface area contributed by atoms with E-state index in [2.05, 4.69) is 20.6 Å². The van der Waals surface area contributed by atoms with E-state index in [1.165, 1.54) is 9.36 Å². The predicted octanol–water partition coefficient (Wildman–Crippen LogP) is 0.856. The maximum Gasteiger partial charge on any atom is 0.194 e. The second-order valence-electron chi connectivity index (χ2n) is 7.78. The molecule has 0 bridgehead atoms. The van der Waals surface area contributed by atoms with Crippen LogP contribution >= 0.6 is 0 Å². The Hall–Kier alpha value is -1.80. The van der Waals surface area contributed by atoms with E-state index in [0.717, 1.165) is 0 Å². The first-order valence-electron chi connectivity index (χ1n) is 7.30. The molecule has 2 atom stereocenters. The molecule has 0 saturated heterocycles. The van der Waals surface area contributed by atoms with Gasteiger partial charge in [-0.05, 0) is 0 Å². The molecule has 0 aromatic carbocycles. The number of rotatable bonds is 0. The van der Waals surface area contributed by atoms with Crippen LogP contribution in [0.15, 0.2) is 0 Å². The molecule has 0 aliphatic carbocycles. The quantitative estimate of drug-likeness (QED) is 0.748. The summed E-state index contributed by atoms with van der Waals surface area (Å²) in [7, 11) is 0. The maximum atomic E-state index is 10.7. The highest BCUT2D eigenvalue weighted by atomic mass is 16.3. The Kier molecular flexibility index (Phi) is 2.99. The van der Waals surface area contributed by atoms with E-state index in [-0.39, 0.29) is 10.8 Å². The minimum absolute atomic E-state index is 0.306. The summed E-state index contributed by atoms with van der Waals surface area (Å²) in [6, 6.07) is 0. The minimum atomic E-state index is -1.06. The second-order valence-corrected chi connectivity index (χ2v) is 7.78. The fourth-order valence-corrected chi connectivity index (χ4v) is 2.74. The van der Waals surface area contributed by atoms with Gasteiger partial charge in [0.1, 0.15) is 11.4 Å². The lowest BCUT2D eigenvalue weighted by molar-refractivity contribution is 0.0392. The average Bonchev–Trinajstić information content (AvgIpc) is 2.98. The molecule has 0 unspecified atom stereocenters. The molecule has 8 heteroatoms. The van der Waals surface area contributed by atoms with Crippen molar-refractivity contribution in [2.24, 2.45) is 0 Å². The van der Waals surface area contributed by atoms with Gasteiger partial charge >= 0.3 is 0 Å². The summed E-state index contributed by atoms with van der Waals surface area (Å²) < 4.78 is 2.72. The van der Waals surface area contributed by atoms with E-state index in [1.54, 1.807) is 0 Å². The average molecular weight is 306 g/mol. The van der Waals surface area contributed by atoms with Crippen LogP contribution in [-0.4, -0.2) is 40.2 Å². The first kappa shape index (κ1) is 15.1. The third-order valence-corrected chi connectivity index (χ3v) is 3.83. The zero-order valence-electron chi connectivity index (χ0n) is 13.7. The van der Waals surface area contributed by atoms with E-state index < -0.39 is 12.5 Å². The SMILES string of the molecule is CC(C)(C)c1nnn2c1[C@@H](O)n1nnc(C(C)(C)C)c1[C@H]2O. The highest BCUT2D eigenvalue weighted by Crippen LogP contribution is 2.38. The van der Waals surface area contributed by atoms with E-state index >= 15 is 0 Å². The van der Waals surface area contributed by atoms with Crippen LogP contribution < -0.4 is 0 Å². The van der Waals surface area contributed by atoms with Gasteiger partial charge in [-0.25, -0.2) is 9.36 Å². The zero-order valence-corrected chi connectivity index (χ0v) is 13.7. The van der Waals surface area contributed by atoms with Gasteiger partial charge in [0.15, 0.2) is 12.5 Å². The molecule has 2 N–H and O–H groups in total. The van der Waals surface area contributed by atoms with Crippen LogP contribution in [0.1, 0.15) is 76.8 Å². The van der Waals surface area contributed by atoms with Crippen LogP contribution in [0.25, 0.3) is 0 Å². The molecule has 1 aliphatic rings. The lowest BCUT2D eigenvalue weighted by Crippen LogP contribution is -2.33. The summed E-state index contributed by atoms with van der Waals surface area (Å²) in [5, 5.41) is 37.8. The van der Waals surface area contributed by atoms with Gasteiger partial charge in [-0.2, -0.15) is 0 Å². The van der Waals surface area contributed by atoms with Crippen LogP contribution in [0.3, 0.4) is 0 Å². The lowest BCUT2D eigenvalue weighted by Gasteiger charge is -2.29. The van der Waals surface area contributed by atoms with Crippen molar-refractivity contribution in [1.82, 2.24) is 30.0 Å². The maximum absolute atomic E-state index is 10.7. The fourth-order valence-electron chi connectivity index (χ4n) is 2.74. The third-order valence-electron chi connectivity index (χ3n) is 3.83. The van der Waals surface area contributed by atoms with Gasteiger partial charge in [-0.15, -0.1) is 10.2 Å². The number of fused-ring (bicyclic) bond motifs is 2. The van der Waals surface area contributed by atoms with E-state index in [1.807, 2.05) is 41.5 Å². The van der Waals surface area contributed by atoms with Crippen molar-refractivity contribution in [3.63, 3.8) is 0 Å². The fraction of sp³-hybridized carbons (Fsp3) is 0.714. The molecule has 0 saturated carbocycles. The summed E-state index contributed by atoms with van der Waals surface area (Å²) in [5.74, 6) is 0. The molecule has 2 aromatic rings. The number of hydrogen-bond acceptors (Lipinski definition) is 6. The molecule has 0 radical (unpaired) electrons. The first-order valence-corrected chi connectivity index (χ1v) is 7.30. The molecule has 3 rings (SSSR count). The molecular formula is C14H22N6O2. The Morgan fingerprint density at radius 1 is 0.727 bits per heavy atom. The molecule has 0 fully saturated rings. The third kappa shape index (κ3) is 1.98. The Labute approximate surface area is 128 Å². The summed E-state index contributed by atoms with van der Waals surface area (Å²) in [4.78, 5) is 0. The van der Waals surface area contributed by atoms with Crippen LogP contribution in [-0.2, 0) is 10.8 Å². The van der Waals surface area contributed by atoms with Gasteiger partial charge in [0.2, 0.25) is 0 Å². The summed E-state index contributed by atoms with van der Waals surface area (Å²) >= 11 is 0. The first-order chi connectivity index (χ1) is 10.0. The number of aromatic nitrogens is 6. The topological polar surface area (TPSA) is 102 Å². The molecule has 8 nitrogen and oxygen atoms in total. The summed E-state index contributed by atoms with van der Waals surface area (Å²) in [6.07, 6.45) is -2.13. The highest BCUT2D eigenvalue weighted by molar-refractivity contribution is 5.30. The van der Waals surface area contributed by atoms with Gasteiger partial charge in [-0.1, -0.05) is 52.0 Å². The van der Waals surface area contributed by atoms with E-state index in [0.29, 0.717) is 22.8 Å². The van der Waals surface area contributed by atoms with Gasteiger partial charge in [0.25, 0.3) is 0 Å².